The molecule has 0 fully saturated rings. The summed E-state index contributed by atoms with van der Waals surface area (Å²) in [6.45, 7) is 0. The average molecular weight is 419 g/mol. The van der Waals surface area contributed by atoms with Crippen molar-refractivity contribution in [1.29, 1.82) is 0 Å². The zero-order valence-corrected chi connectivity index (χ0v) is 17.0. The molecule has 0 aromatic heterocycles. The normalized spacial score (nSPS) is 14.0. The fourth-order valence-electron chi connectivity index (χ4n) is 3.42. The number of amides is 1. The van der Waals surface area contributed by atoms with E-state index in [1.54, 1.807) is 12.1 Å². The highest BCUT2D eigenvalue weighted by molar-refractivity contribution is 6.38. The minimum absolute atomic E-state index is 0.172. The molecule has 0 unspecified atom stereocenters. The molecule has 2 N–H and O–H groups in total. The van der Waals surface area contributed by atoms with Gasteiger partial charge in [-0.25, -0.2) is 0 Å². The van der Waals surface area contributed by atoms with E-state index in [-0.39, 0.29) is 18.3 Å². The van der Waals surface area contributed by atoms with E-state index in [1.165, 1.54) is 7.11 Å². The molecule has 0 atom stereocenters. The number of fused-ring (bicyclic) bond motifs is 1. The van der Waals surface area contributed by atoms with E-state index in [9.17, 15) is 9.59 Å². The monoisotopic (exact) mass is 418 g/mol. The lowest BCUT2D eigenvalue weighted by Crippen LogP contribution is -2.10. The molecule has 3 aromatic carbocycles. The standard InChI is InChI=1S/C24H19ClN2O3/c1-30-21(28)13-15-6-5-9-18(12-15)26-23(16-7-3-2-4-8-16)22-19-11-10-17(25)14-20(19)27-24(22)29/h2-12,14,26H,13H2,1H3,(H,27,29)/b23-22-. The molecule has 0 bridgehead atoms. The average Bonchev–Trinajstić information content (AvgIpc) is 3.07. The van der Waals surface area contributed by atoms with Crippen LogP contribution in [0.1, 0.15) is 16.7 Å². The summed E-state index contributed by atoms with van der Waals surface area (Å²) in [6, 6.07) is 22.4. The van der Waals surface area contributed by atoms with Gasteiger partial charge >= 0.3 is 5.97 Å². The van der Waals surface area contributed by atoms with Gasteiger partial charge in [-0.1, -0.05) is 60.1 Å². The second kappa shape index (κ2) is 8.43. The molecule has 0 aliphatic carbocycles. The van der Waals surface area contributed by atoms with Crippen LogP contribution in [0.25, 0.3) is 11.3 Å². The summed E-state index contributed by atoms with van der Waals surface area (Å²) in [7, 11) is 1.37. The Morgan fingerprint density at radius 1 is 1.03 bits per heavy atom. The number of halogens is 1. The lowest BCUT2D eigenvalue weighted by Gasteiger charge is -2.15. The van der Waals surface area contributed by atoms with Gasteiger partial charge in [-0.3, -0.25) is 9.59 Å². The zero-order valence-electron chi connectivity index (χ0n) is 16.2. The summed E-state index contributed by atoms with van der Waals surface area (Å²) >= 11 is 6.10. The maximum Gasteiger partial charge on any atom is 0.309 e. The molecule has 1 heterocycles. The molecule has 1 aliphatic rings. The van der Waals surface area contributed by atoms with Crippen LogP contribution in [-0.4, -0.2) is 19.0 Å². The summed E-state index contributed by atoms with van der Waals surface area (Å²) in [4.78, 5) is 24.5. The summed E-state index contributed by atoms with van der Waals surface area (Å²) in [5.74, 6) is -0.515. The lowest BCUT2D eigenvalue weighted by atomic mass is 10.00. The van der Waals surface area contributed by atoms with Gasteiger partial charge in [0.05, 0.1) is 30.5 Å². The Morgan fingerprint density at radius 2 is 1.83 bits per heavy atom. The Kier molecular flexibility index (Phi) is 5.55. The van der Waals surface area contributed by atoms with Crippen molar-refractivity contribution in [3.63, 3.8) is 0 Å². The molecule has 3 aromatic rings. The van der Waals surface area contributed by atoms with E-state index in [4.69, 9.17) is 16.3 Å². The molecular weight excluding hydrogens is 400 g/mol. The van der Waals surface area contributed by atoms with Crippen LogP contribution >= 0.6 is 11.6 Å². The van der Waals surface area contributed by atoms with Crippen LogP contribution in [0.4, 0.5) is 11.4 Å². The fourth-order valence-corrected chi connectivity index (χ4v) is 3.59. The van der Waals surface area contributed by atoms with Crippen molar-refractivity contribution in [1.82, 2.24) is 0 Å². The quantitative estimate of drug-likeness (QED) is 0.452. The van der Waals surface area contributed by atoms with E-state index in [0.29, 0.717) is 22.0 Å². The molecule has 0 saturated heterocycles. The maximum atomic E-state index is 12.9. The van der Waals surface area contributed by atoms with Gasteiger partial charge in [0.2, 0.25) is 0 Å². The summed E-state index contributed by atoms with van der Waals surface area (Å²) in [6.07, 6.45) is 0.172. The molecule has 150 valence electrons. The lowest BCUT2D eigenvalue weighted by molar-refractivity contribution is -0.139. The molecule has 6 heteroatoms. The molecule has 1 amide bonds. The van der Waals surface area contributed by atoms with E-state index >= 15 is 0 Å². The molecule has 0 spiro atoms. The third-order valence-corrected chi connectivity index (χ3v) is 5.05. The number of carbonyl (C=O) groups excluding carboxylic acids is 2. The zero-order chi connectivity index (χ0) is 21.1. The van der Waals surface area contributed by atoms with E-state index in [0.717, 1.165) is 22.4 Å². The smallest absolute Gasteiger partial charge is 0.309 e. The molecule has 0 radical (unpaired) electrons. The molecule has 30 heavy (non-hydrogen) atoms. The van der Waals surface area contributed by atoms with Gasteiger partial charge in [0, 0.05) is 16.3 Å². The number of rotatable bonds is 5. The fraction of sp³-hybridized carbons (Fsp3) is 0.0833. The van der Waals surface area contributed by atoms with Gasteiger partial charge in [-0.15, -0.1) is 0 Å². The number of nitrogens with one attached hydrogen (secondary N) is 2. The van der Waals surface area contributed by atoms with Crippen molar-refractivity contribution in [2.45, 2.75) is 6.42 Å². The Hall–Kier alpha value is -3.57. The predicted molar refractivity (Wildman–Crippen MR) is 119 cm³/mol. The Labute approximate surface area is 179 Å². The second-order valence-electron chi connectivity index (χ2n) is 6.84. The SMILES string of the molecule is COC(=O)Cc1cccc(N/C(=C2\C(=O)Nc3cc(Cl)ccc32)c2ccccc2)c1. The van der Waals surface area contributed by atoms with Crippen LogP contribution in [0.3, 0.4) is 0 Å². The first kappa shape index (κ1) is 19.7. The molecule has 5 nitrogen and oxygen atoms in total. The number of methoxy groups -OCH3 is 1. The van der Waals surface area contributed by atoms with E-state index < -0.39 is 0 Å². The molecular formula is C24H19ClN2O3. The summed E-state index contributed by atoms with van der Waals surface area (Å²) in [5, 5.41) is 6.83. The Bertz CT molecular complexity index is 1160. The van der Waals surface area contributed by atoms with Crippen molar-refractivity contribution >= 4 is 46.1 Å². The first-order chi connectivity index (χ1) is 14.5. The largest absolute Gasteiger partial charge is 0.469 e. The Morgan fingerprint density at radius 3 is 2.60 bits per heavy atom. The minimum atomic E-state index is -0.310. The summed E-state index contributed by atoms with van der Waals surface area (Å²) < 4.78 is 4.76. The van der Waals surface area contributed by atoms with Crippen molar-refractivity contribution in [3.8, 4) is 0 Å². The molecule has 1 aliphatic heterocycles. The first-order valence-electron chi connectivity index (χ1n) is 9.39. The number of ether oxygens (including phenoxy) is 1. The second-order valence-corrected chi connectivity index (χ2v) is 7.27. The van der Waals surface area contributed by atoms with Crippen LogP contribution in [-0.2, 0) is 20.7 Å². The van der Waals surface area contributed by atoms with Gasteiger partial charge in [-0.05, 0) is 35.4 Å². The summed E-state index contributed by atoms with van der Waals surface area (Å²) in [5.41, 5.74) is 5.10. The highest BCUT2D eigenvalue weighted by Crippen LogP contribution is 2.38. The van der Waals surface area contributed by atoms with Gasteiger partial charge in [0.25, 0.3) is 5.91 Å². The Balaban J connectivity index is 1.80. The highest BCUT2D eigenvalue weighted by atomic mass is 35.5. The number of hydrogen-bond acceptors (Lipinski definition) is 4. The van der Waals surface area contributed by atoms with Crippen molar-refractivity contribution < 1.29 is 14.3 Å². The van der Waals surface area contributed by atoms with Gasteiger partial charge < -0.3 is 15.4 Å². The van der Waals surface area contributed by atoms with Gasteiger partial charge in [0.15, 0.2) is 0 Å². The van der Waals surface area contributed by atoms with Crippen LogP contribution < -0.4 is 10.6 Å². The third-order valence-electron chi connectivity index (χ3n) is 4.81. The van der Waals surface area contributed by atoms with Gasteiger partial charge in [-0.2, -0.15) is 0 Å². The van der Waals surface area contributed by atoms with Crippen molar-refractivity contribution in [2.75, 3.05) is 17.7 Å². The van der Waals surface area contributed by atoms with Crippen LogP contribution in [0.15, 0.2) is 72.8 Å². The number of anilines is 2. The minimum Gasteiger partial charge on any atom is -0.469 e. The van der Waals surface area contributed by atoms with E-state index in [1.807, 2.05) is 60.7 Å². The van der Waals surface area contributed by atoms with Crippen LogP contribution in [0.2, 0.25) is 5.02 Å². The predicted octanol–water partition coefficient (Wildman–Crippen LogP) is 4.99. The van der Waals surface area contributed by atoms with Crippen LogP contribution in [0.5, 0.6) is 0 Å². The number of carbonyl (C=O) groups is 2. The number of benzene rings is 3. The molecule has 4 rings (SSSR count). The van der Waals surface area contributed by atoms with Gasteiger partial charge in [0.1, 0.15) is 0 Å². The highest BCUT2D eigenvalue weighted by Gasteiger charge is 2.28. The number of esters is 1. The van der Waals surface area contributed by atoms with Crippen molar-refractivity contribution in [3.05, 3.63) is 94.5 Å². The molecule has 0 saturated carbocycles. The maximum absolute atomic E-state index is 12.9. The third kappa shape index (κ3) is 4.07. The topological polar surface area (TPSA) is 67.4 Å². The van der Waals surface area contributed by atoms with Crippen molar-refractivity contribution in [2.24, 2.45) is 0 Å². The van der Waals surface area contributed by atoms with Crippen LogP contribution in [0, 0.1) is 0 Å². The van der Waals surface area contributed by atoms with E-state index in [2.05, 4.69) is 10.6 Å². The first-order valence-corrected chi connectivity index (χ1v) is 9.76. The number of hydrogen-bond donors (Lipinski definition) is 2.